The quantitative estimate of drug-likeness (QED) is 0.400. The van der Waals surface area contributed by atoms with Crippen molar-refractivity contribution in [3.8, 4) is 5.75 Å². The normalized spacial score (nSPS) is 11.7. The predicted octanol–water partition coefficient (Wildman–Crippen LogP) is 5.23. The Labute approximate surface area is 213 Å². The van der Waals surface area contributed by atoms with Gasteiger partial charge in [-0.2, -0.15) is 0 Å². The fourth-order valence-corrected chi connectivity index (χ4v) is 3.89. The lowest BCUT2D eigenvalue weighted by molar-refractivity contribution is -0.142. The van der Waals surface area contributed by atoms with E-state index in [2.05, 4.69) is 5.32 Å². The van der Waals surface area contributed by atoms with Crippen LogP contribution in [0.3, 0.4) is 0 Å². The minimum absolute atomic E-state index is 0.0474. The molecular weight excluding hydrogens is 455 g/mol. The average Bonchev–Trinajstić information content (AvgIpc) is 2.87. The zero-order valence-corrected chi connectivity index (χ0v) is 21.5. The minimum atomic E-state index is -0.833. The van der Waals surface area contributed by atoms with Crippen LogP contribution >= 0.6 is 0 Å². The van der Waals surface area contributed by atoms with Gasteiger partial charge in [0.05, 0.1) is 0 Å². The van der Waals surface area contributed by atoms with E-state index in [1.54, 1.807) is 18.2 Å². The van der Waals surface area contributed by atoms with Gasteiger partial charge in [-0.05, 0) is 48.6 Å². The molecule has 190 valence electrons. The predicted molar refractivity (Wildman–Crippen MR) is 140 cm³/mol. The van der Waals surface area contributed by atoms with Crippen LogP contribution in [-0.4, -0.2) is 35.9 Å². The molecule has 0 aliphatic heterocycles. The van der Waals surface area contributed by atoms with Crippen molar-refractivity contribution in [2.45, 2.75) is 46.7 Å². The fraction of sp³-hybridized carbons (Fsp3) is 0.333. The number of carbonyl (C=O) groups excluding carboxylic acids is 2. The van der Waals surface area contributed by atoms with E-state index < -0.39 is 11.9 Å². The highest BCUT2D eigenvalue weighted by molar-refractivity contribution is 5.88. The molecule has 0 unspecified atom stereocenters. The first-order chi connectivity index (χ1) is 17.3. The van der Waals surface area contributed by atoms with E-state index in [9.17, 15) is 14.0 Å². The monoisotopic (exact) mass is 490 g/mol. The average molecular weight is 491 g/mol. The zero-order valence-electron chi connectivity index (χ0n) is 21.5. The Bertz CT molecular complexity index is 1160. The molecule has 6 heteroatoms. The lowest BCUT2D eigenvalue weighted by Crippen LogP contribution is -2.52. The maximum atomic E-state index is 14.6. The summed E-state index contributed by atoms with van der Waals surface area (Å²) in [6, 6.07) is 20.7. The summed E-state index contributed by atoms with van der Waals surface area (Å²) in [6.45, 7) is 8.09. The van der Waals surface area contributed by atoms with Crippen LogP contribution in [0.2, 0.25) is 0 Å². The molecular formula is C30H35FN2O3. The minimum Gasteiger partial charge on any atom is -0.483 e. The first-order valence-electron chi connectivity index (χ1n) is 12.3. The van der Waals surface area contributed by atoms with E-state index in [1.165, 1.54) is 11.0 Å². The molecule has 1 N–H and O–H groups in total. The molecule has 1 atom stereocenters. The number of ether oxygens (including phenoxy) is 1. The third-order valence-electron chi connectivity index (χ3n) is 6.16. The van der Waals surface area contributed by atoms with Crippen LogP contribution < -0.4 is 10.1 Å². The molecule has 0 saturated carbocycles. The van der Waals surface area contributed by atoms with Gasteiger partial charge in [0.2, 0.25) is 5.91 Å². The molecule has 0 heterocycles. The molecule has 0 aliphatic carbocycles. The molecule has 0 bridgehead atoms. The second-order valence-corrected chi connectivity index (χ2v) is 9.44. The number of carbonyl (C=O) groups is 2. The van der Waals surface area contributed by atoms with Crippen LogP contribution in [0.15, 0.2) is 72.8 Å². The van der Waals surface area contributed by atoms with E-state index in [1.807, 2.05) is 76.2 Å². The van der Waals surface area contributed by atoms with Gasteiger partial charge in [0.25, 0.3) is 5.91 Å². The summed E-state index contributed by atoms with van der Waals surface area (Å²) in [5.74, 6) is -0.233. The van der Waals surface area contributed by atoms with Crippen LogP contribution in [0, 0.1) is 25.6 Å². The lowest BCUT2D eigenvalue weighted by Gasteiger charge is -2.32. The number of rotatable bonds is 11. The second-order valence-electron chi connectivity index (χ2n) is 9.44. The van der Waals surface area contributed by atoms with Gasteiger partial charge >= 0.3 is 0 Å². The molecule has 5 nitrogen and oxygen atoms in total. The maximum Gasteiger partial charge on any atom is 0.261 e. The third kappa shape index (κ3) is 7.41. The van der Waals surface area contributed by atoms with Crippen molar-refractivity contribution >= 4 is 11.8 Å². The van der Waals surface area contributed by atoms with Gasteiger partial charge in [-0.15, -0.1) is 0 Å². The smallest absolute Gasteiger partial charge is 0.261 e. The Balaban J connectivity index is 1.93. The first-order valence-corrected chi connectivity index (χ1v) is 12.3. The molecule has 3 aromatic carbocycles. The first kappa shape index (κ1) is 26.9. The van der Waals surface area contributed by atoms with Crippen molar-refractivity contribution in [1.29, 1.82) is 0 Å². The number of nitrogens with one attached hydrogen (secondary N) is 1. The highest BCUT2D eigenvalue weighted by Crippen LogP contribution is 2.22. The molecule has 0 aliphatic rings. The number of hydrogen-bond donors (Lipinski definition) is 1. The summed E-state index contributed by atoms with van der Waals surface area (Å²) in [7, 11) is 0. The summed E-state index contributed by atoms with van der Waals surface area (Å²) < 4.78 is 20.5. The lowest BCUT2D eigenvalue weighted by atomic mass is 10.0. The number of aryl methyl sites for hydroxylation is 1. The topological polar surface area (TPSA) is 58.6 Å². The van der Waals surface area contributed by atoms with Crippen molar-refractivity contribution in [2.75, 3.05) is 13.2 Å². The Morgan fingerprint density at radius 1 is 0.944 bits per heavy atom. The SMILES string of the molecule is Cc1cccc(OCC(=O)N(Cc2ccccc2F)[C@H](Cc2ccccc2)C(=O)NCC(C)C)c1C. The van der Waals surface area contributed by atoms with E-state index >= 15 is 0 Å². The highest BCUT2D eigenvalue weighted by atomic mass is 19.1. The van der Waals surface area contributed by atoms with Crippen LogP contribution in [-0.2, 0) is 22.6 Å². The van der Waals surface area contributed by atoms with Gasteiger partial charge in [0.15, 0.2) is 6.61 Å². The van der Waals surface area contributed by atoms with Crippen molar-refractivity contribution in [2.24, 2.45) is 5.92 Å². The molecule has 0 spiro atoms. The molecule has 2 amide bonds. The number of halogens is 1. The largest absolute Gasteiger partial charge is 0.483 e. The van der Waals surface area contributed by atoms with Gasteiger partial charge in [-0.25, -0.2) is 4.39 Å². The van der Waals surface area contributed by atoms with E-state index in [-0.39, 0.29) is 30.9 Å². The van der Waals surface area contributed by atoms with Gasteiger partial charge in [-0.1, -0.05) is 74.5 Å². The summed E-state index contributed by atoms with van der Waals surface area (Å²) in [5, 5.41) is 2.96. The molecule has 0 radical (unpaired) electrons. The Hall–Kier alpha value is -3.67. The number of benzene rings is 3. The van der Waals surface area contributed by atoms with Gasteiger partial charge in [0.1, 0.15) is 17.6 Å². The van der Waals surface area contributed by atoms with Crippen molar-refractivity contribution in [3.63, 3.8) is 0 Å². The third-order valence-corrected chi connectivity index (χ3v) is 6.16. The fourth-order valence-electron chi connectivity index (χ4n) is 3.89. The van der Waals surface area contributed by atoms with Gasteiger partial charge < -0.3 is 15.0 Å². The van der Waals surface area contributed by atoms with Crippen LogP contribution in [0.4, 0.5) is 4.39 Å². The van der Waals surface area contributed by atoms with E-state index in [4.69, 9.17) is 4.74 Å². The van der Waals surface area contributed by atoms with Gasteiger partial charge in [0, 0.05) is 25.1 Å². The van der Waals surface area contributed by atoms with Crippen LogP contribution in [0.1, 0.15) is 36.1 Å². The Morgan fingerprint density at radius 2 is 1.64 bits per heavy atom. The molecule has 3 rings (SSSR count). The standard InChI is InChI=1S/C30H35FN2O3/c1-21(2)18-32-30(35)27(17-24-12-6-5-7-13-24)33(19-25-14-8-9-15-26(25)31)29(34)20-36-28-16-10-11-22(3)23(28)4/h5-16,21,27H,17-20H2,1-4H3,(H,32,35)/t27-/m1/s1. The molecule has 3 aromatic rings. The van der Waals surface area contributed by atoms with E-state index in [0.717, 1.165) is 16.7 Å². The van der Waals surface area contributed by atoms with Crippen molar-refractivity contribution in [1.82, 2.24) is 10.2 Å². The van der Waals surface area contributed by atoms with Gasteiger partial charge in [-0.3, -0.25) is 9.59 Å². The molecule has 0 saturated heterocycles. The highest BCUT2D eigenvalue weighted by Gasteiger charge is 2.31. The number of amides is 2. The number of hydrogen-bond acceptors (Lipinski definition) is 3. The summed E-state index contributed by atoms with van der Waals surface area (Å²) in [5.41, 5.74) is 3.25. The zero-order chi connectivity index (χ0) is 26.1. The van der Waals surface area contributed by atoms with Crippen LogP contribution in [0.25, 0.3) is 0 Å². The van der Waals surface area contributed by atoms with E-state index in [0.29, 0.717) is 24.3 Å². The summed E-state index contributed by atoms with van der Waals surface area (Å²) >= 11 is 0. The van der Waals surface area contributed by atoms with Crippen molar-refractivity contribution in [3.05, 3.63) is 101 Å². The number of nitrogens with zero attached hydrogens (tertiary/aromatic N) is 1. The molecule has 0 aromatic heterocycles. The Kier molecular flexibility index (Phi) is 9.62. The summed E-state index contributed by atoms with van der Waals surface area (Å²) in [6.07, 6.45) is 0.300. The molecule has 0 fully saturated rings. The maximum absolute atomic E-state index is 14.6. The second kappa shape index (κ2) is 12.9. The molecule has 36 heavy (non-hydrogen) atoms. The Morgan fingerprint density at radius 3 is 2.33 bits per heavy atom. The summed E-state index contributed by atoms with van der Waals surface area (Å²) in [4.78, 5) is 28.4. The van der Waals surface area contributed by atoms with Crippen LogP contribution in [0.5, 0.6) is 5.75 Å². The van der Waals surface area contributed by atoms with Crippen molar-refractivity contribution < 1.29 is 18.7 Å².